The zero-order chi connectivity index (χ0) is 13.8. The molecule has 1 aromatic rings. The van der Waals surface area contributed by atoms with E-state index in [1.54, 1.807) is 6.92 Å². The van der Waals surface area contributed by atoms with Crippen LogP contribution in [0, 0.1) is 28.8 Å². The first-order valence-electron chi connectivity index (χ1n) is 6.47. The van der Waals surface area contributed by atoms with Gasteiger partial charge in [-0.05, 0) is 50.4 Å². The molecule has 0 amide bonds. The zero-order valence-corrected chi connectivity index (χ0v) is 10.9. The zero-order valence-electron chi connectivity index (χ0n) is 10.9. The molecule has 2 N–H and O–H groups in total. The van der Waals surface area contributed by atoms with E-state index in [1.807, 2.05) is 0 Å². The lowest BCUT2D eigenvalue weighted by Crippen LogP contribution is -2.33. The smallest absolute Gasteiger partial charge is 0.295 e. The first-order chi connectivity index (χ1) is 9.08. The maximum atomic E-state index is 13.4. The number of aryl methyl sites for hydroxylation is 1. The van der Waals surface area contributed by atoms with Crippen LogP contribution in [-0.4, -0.2) is 24.6 Å². The van der Waals surface area contributed by atoms with Crippen LogP contribution in [0.3, 0.4) is 0 Å². The van der Waals surface area contributed by atoms with Crippen molar-refractivity contribution in [3.05, 3.63) is 33.6 Å². The minimum absolute atomic E-state index is 0.202. The van der Waals surface area contributed by atoms with Gasteiger partial charge in [0.15, 0.2) is 0 Å². The molecule has 1 atom stereocenters. The predicted molar refractivity (Wildman–Crippen MR) is 71.9 cm³/mol. The maximum Gasteiger partial charge on any atom is 0.295 e. The molecule has 0 aliphatic carbocycles. The Kier molecular flexibility index (Phi) is 4.31. The van der Waals surface area contributed by atoms with Crippen molar-refractivity contribution in [2.45, 2.75) is 19.8 Å². The Balaban J connectivity index is 2.09. The molecule has 0 radical (unpaired) electrons. The number of hydrogen-bond donors (Lipinski definition) is 2. The number of hydrogen-bond acceptors (Lipinski definition) is 4. The molecule has 0 saturated carbocycles. The summed E-state index contributed by atoms with van der Waals surface area (Å²) in [5, 5.41) is 17.3. The Morgan fingerprint density at radius 3 is 3.00 bits per heavy atom. The minimum atomic E-state index is -0.552. The molecule has 1 unspecified atom stereocenters. The van der Waals surface area contributed by atoms with Gasteiger partial charge in [-0.1, -0.05) is 0 Å². The average Bonchev–Trinajstić information content (AvgIpc) is 2.40. The molecule has 1 aliphatic heterocycles. The third-order valence-electron chi connectivity index (χ3n) is 3.45. The lowest BCUT2D eigenvalue weighted by molar-refractivity contribution is -0.384. The van der Waals surface area contributed by atoms with E-state index in [-0.39, 0.29) is 5.69 Å². The van der Waals surface area contributed by atoms with Crippen LogP contribution < -0.4 is 10.6 Å². The summed E-state index contributed by atoms with van der Waals surface area (Å²) in [5.41, 5.74) is 0.608. The van der Waals surface area contributed by atoms with E-state index < -0.39 is 10.7 Å². The van der Waals surface area contributed by atoms with Crippen LogP contribution in [0.15, 0.2) is 12.1 Å². The van der Waals surface area contributed by atoms with Crippen molar-refractivity contribution in [2.75, 3.05) is 25.0 Å². The van der Waals surface area contributed by atoms with E-state index in [1.165, 1.54) is 6.07 Å². The molecule has 1 saturated heterocycles. The first-order valence-corrected chi connectivity index (χ1v) is 6.47. The van der Waals surface area contributed by atoms with Crippen LogP contribution in [0.1, 0.15) is 18.4 Å². The van der Waals surface area contributed by atoms with Gasteiger partial charge < -0.3 is 10.6 Å². The minimum Gasteiger partial charge on any atom is -0.379 e. The molecule has 2 rings (SSSR count). The Morgan fingerprint density at radius 2 is 2.37 bits per heavy atom. The van der Waals surface area contributed by atoms with Crippen molar-refractivity contribution in [3.63, 3.8) is 0 Å². The van der Waals surface area contributed by atoms with Gasteiger partial charge in [-0.3, -0.25) is 10.1 Å². The van der Waals surface area contributed by atoms with E-state index >= 15 is 0 Å². The second-order valence-electron chi connectivity index (χ2n) is 4.97. The van der Waals surface area contributed by atoms with Gasteiger partial charge in [-0.15, -0.1) is 0 Å². The molecule has 0 aromatic heterocycles. The van der Waals surface area contributed by atoms with Crippen LogP contribution in [0.5, 0.6) is 0 Å². The molecule has 1 aliphatic rings. The van der Waals surface area contributed by atoms with Crippen molar-refractivity contribution < 1.29 is 9.31 Å². The molecule has 19 heavy (non-hydrogen) atoms. The van der Waals surface area contributed by atoms with E-state index in [2.05, 4.69) is 10.6 Å². The number of halogens is 1. The third kappa shape index (κ3) is 3.41. The van der Waals surface area contributed by atoms with E-state index in [0.29, 0.717) is 23.7 Å². The van der Waals surface area contributed by atoms with Gasteiger partial charge in [0.1, 0.15) is 11.5 Å². The largest absolute Gasteiger partial charge is 0.379 e. The van der Waals surface area contributed by atoms with Gasteiger partial charge in [0.05, 0.1) is 11.0 Å². The standard InChI is InChI=1S/C13H18FN3O2/c1-9-5-12(13(17(18)19)6-11(9)14)16-8-10-3-2-4-15-7-10/h5-6,10,15-16H,2-4,7-8H2,1H3. The van der Waals surface area contributed by atoms with Gasteiger partial charge >= 0.3 is 0 Å². The van der Waals surface area contributed by atoms with Crippen LogP contribution in [0.4, 0.5) is 15.8 Å². The lowest BCUT2D eigenvalue weighted by atomic mass is 9.99. The van der Waals surface area contributed by atoms with Gasteiger partial charge in [0.25, 0.3) is 5.69 Å². The molecule has 1 heterocycles. The van der Waals surface area contributed by atoms with Crippen LogP contribution >= 0.6 is 0 Å². The number of piperidine rings is 1. The maximum absolute atomic E-state index is 13.4. The highest BCUT2D eigenvalue weighted by Crippen LogP contribution is 2.28. The number of nitrogens with one attached hydrogen (secondary N) is 2. The number of benzene rings is 1. The Bertz CT molecular complexity index is 473. The summed E-state index contributed by atoms with van der Waals surface area (Å²) in [4.78, 5) is 10.4. The number of anilines is 1. The topological polar surface area (TPSA) is 67.2 Å². The van der Waals surface area contributed by atoms with Gasteiger partial charge in [-0.2, -0.15) is 0 Å². The van der Waals surface area contributed by atoms with Crippen molar-refractivity contribution >= 4 is 11.4 Å². The lowest BCUT2D eigenvalue weighted by Gasteiger charge is -2.23. The number of nitrogens with zero attached hydrogens (tertiary/aromatic N) is 1. The average molecular weight is 267 g/mol. The SMILES string of the molecule is Cc1cc(NCC2CCCNC2)c([N+](=O)[O-])cc1F. The molecule has 6 heteroatoms. The fourth-order valence-corrected chi connectivity index (χ4v) is 2.32. The Morgan fingerprint density at radius 1 is 1.58 bits per heavy atom. The van der Waals surface area contributed by atoms with Gasteiger partial charge in [0.2, 0.25) is 0 Å². The third-order valence-corrected chi connectivity index (χ3v) is 3.45. The molecule has 1 fully saturated rings. The molecule has 104 valence electrons. The number of nitro benzene ring substituents is 1. The molecule has 5 nitrogen and oxygen atoms in total. The summed E-state index contributed by atoms with van der Waals surface area (Å²) in [5.74, 6) is -0.0877. The Labute approximate surface area is 111 Å². The van der Waals surface area contributed by atoms with Gasteiger partial charge in [-0.25, -0.2) is 4.39 Å². The second kappa shape index (κ2) is 5.97. The molecule has 0 bridgehead atoms. The normalized spacial score (nSPS) is 19.2. The van der Waals surface area contributed by atoms with Gasteiger partial charge in [0, 0.05) is 6.54 Å². The highest BCUT2D eigenvalue weighted by molar-refractivity contribution is 5.63. The first kappa shape index (κ1) is 13.7. The van der Waals surface area contributed by atoms with Crippen molar-refractivity contribution in [1.82, 2.24) is 5.32 Å². The molecular formula is C13H18FN3O2. The van der Waals surface area contributed by atoms with Crippen LogP contribution in [0.2, 0.25) is 0 Å². The predicted octanol–water partition coefficient (Wildman–Crippen LogP) is 2.45. The fourth-order valence-electron chi connectivity index (χ4n) is 2.32. The number of nitro groups is 1. The molecular weight excluding hydrogens is 249 g/mol. The van der Waals surface area contributed by atoms with E-state index in [9.17, 15) is 14.5 Å². The monoisotopic (exact) mass is 267 g/mol. The molecule has 0 spiro atoms. The highest BCUT2D eigenvalue weighted by Gasteiger charge is 2.19. The Hall–Kier alpha value is -1.69. The van der Waals surface area contributed by atoms with Crippen LogP contribution in [-0.2, 0) is 0 Å². The summed E-state index contributed by atoms with van der Waals surface area (Å²) in [6.45, 7) is 4.22. The number of rotatable bonds is 4. The van der Waals surface area contributed by atoms with E-state index in [4.69, 9.17) is 0 Å². The van der Waals surface area contributed by atoms with Crippen molar-refractivity contribution in [2.24, 2.45) is 5.92 Å². The fraction of sp³-hybridized carbons (Fsp3) is 0.538. The van der Waals surface area contributed by atoms with E-state index in [0.717, 1.165) is 32.0 Å². The summed E-state index contributed by atoms with van der Waals surface area (Å²) in [7, 11) is 0. The van der Waals surface area contributed by atoms with Crippen LogP contribution in [0.25, 0.3) is 0 Å². The highest BCUT2D eigenvalue weighted by atomic mass is 19.1. The quantitative estimate of drug-likeness (QED) is 0.649. The summed E-state index contributed by atoms with van der Waals surface area (Å²) in [6.07, 6.45) is 2.23. The summed E-state index contributed by atoms with van der Waals surface area (Å²) in [6, 6.07) is 2.49. The molecule has 1 aromatic carbocycles. The van der Waals surface area contributed by atoms with Crippen molar-refractivity contribution in [1.29, 1.82) is 0 Å². The van der Waals surface area contributed by atoms with Crippen molar-refractivity contribution in [3.8, 4) is 0 Å². The summed E-state index contributed by atoms with van der Waals surface area (Å²) < 4.78 is 13.4. The second-order valence-corrected chi connectivity index (χ2v) is 4.97. The summed E-state index contributed by atoms with van der Waals surface area (Å²) >= 11 is 0.